The maximum absolute atomic E-state index is 5.46. The molecule has 0 radical (unpaired) electrons. The minimum absolute atomic E-state index is 0.302. The Morgan fingerprint density at radius 2 is 2.29 bits per heavy atom. The number of anilines is 1. The smallest absolute Gasteiger partial charge is 0.316 e. The summed E-state index contributed by atoms with van der Waals surface area (Å²) in [5, 5.41) is 8.62. The first kappa shape index (κ1) is 8.82. The second kappa shape index (κ2) is 3.54. The van der Waals surface area contributed by atoms with Crippen LogP contribution in [0.3, 0.4) is 0 Å². The molecule has 72 valence electrons. The first-order valence-electron chi connectivity index (χ1n) is 3.76. The molecule has 14 heavy (non-hydrogen) atoms. The number of ether oxygens (including phenoxy) is 1. The highest BCUT2D eigenvalue weighted by Crippen LogP contribution is 2.23. The average Bonchev–Trinajstić information content (AvgIpc) is 2.65. The van der Waals surface area contributed by atoms with Gasteiger partial charge in [-0.1, -0.05) is 11.3 Å². The Hall–Kier alpha value is -1.76. The lowest BCUT2D eigenvalue weighted by atomic mass is 10.4. The molecule has 0 unspecified atom stereocenters. The summed E-state index contributed by atoms with van der Waals surface area (Å²) < 4.78 is 4.89. The monoisotopic (exact) mass is 209 g/mol. The first-order chi connectivity index (χ1) is 6.79. The molecule has 2 rings (SSSR count). The third-order valence-corrected chi connectivity index (χ3v) is 2.25. The van der Waals surface area contributed by atoms with E-state index in [1.807, 2.05) is 0 Å². The van der Waals surface area contributed by atoms with Crippen LogP contribution in [0.25, 0.3) is 10.7 Å². The molecule has 0 spiro atoms. The van der Waals surface area contributed by atoms with Crippen molar-refractivity contribution in [1.29, 1.82) is 0 Å². The van der Waals surface area contributed by atoms with Crippen LogP contribution in [0.1, 0.15) is 0 Å². The molecule has 0 fully saturated rings. The fourth-order valence-corrected chi connectivity index (χ4v) is 1.48. The van der Waals surface area contributed by atoms with Crippen molar-refractivity contribution in [1.82, 2.24) is 20.2 Å². The summed E-state index contributed by atoms with van der Waals surface area (Å²) in [6.45, 7) is 0. The summed E-state index contributed by atoms with van der Waals surface area (Å²) in [7, 11) is 1.51. The number of nitrogens with zero attached hydrogens (tertiary/aromatic N) is 4. The number of hydrogen-bond acceptors (Lipinski definition) is 7. The summed E-state index contributed by atoms with van der Waals surface area (Å²) in [6, 6.07) is 2.03. The van der Waals surface area contributed by atoms with Crippen molar-refractivity contribution in [2.24, 2.45) is 0 Å². The molecule has 2 heterocycles. The van der Waals surface area contributed by atoms with E-state index < -0.39 is 0 Å². The topological polar surface area (TPSA) is 86.8 Å². The lowest BCUT2D eigenvalue weighted by molar-refractivity contribution is 0.380. The lowest BCUT2D eigenvalue weighted by Crippen LogP contribution is -1.92. The molecular formula is C7H7N5OS. The summed E-state index contributed by atoms with van der Waals surface area (Å²) in [5.41, 5.74) is 6.12. The number of rotatable bonds is 2. The molecule has 0 bridgehead atoms. The van der Waals surface area contributed by atoms with E-state index in [2.05, 4.69) is 20.2 Å². The fourth-order valence-electron chi connectivity index (χ4n) is 0.896. The van der Waals surface area contributed by atoms with Gasteiger partial charge in [-0.15, -0.1) is 10.2 Å². The molecule has 0 aliphatic heterocycles. The van der Waals surface area contributed by atoms with Gasteiger partial charge < -0.3 is 10.5 Å². The molecule has 2 aromatic heterocycles. The molecule has 2 N–H and O–H groups in total. The maximum atomic E-state index is 5.46. The maximum Gasteiger partial charge on any atom is 0.316 e. The number of nitrogens with two attached hydrogens (primary N) is 1. The molecule has 0 aromatic carbocycles. The minimum Gasteiger partial charge on any atom is -0.467 e. The zero-order valence-corrected chi connectivity index (χ0v) is 8.15. The standard InChI is InChI=1S/C7H7N5OS/c1-13-7-9-3-2-4(10-7)5-11-12-6(8)14-5/h2-3H,1H3,(H2,8,12). The van der Waals surface area contributed by atoms with Crippen molar-refractivity contribution in [2.75, 3.05) is 12.8 Å². The van der Waals surface area contributed by atoms with Gasteiger partial charge in [0.1, 0.15) is 5.69 Å². The van der Waals surface area contributed by atoms with Gasteiger partial charge in [-0.05, 0) is 6.07 Å². The SMILES string of the molecule is COc1nccc(-c2nnc(N)s2)n1. The molecular weight excluding hydrogens is 202 g/mol. The Labute approximate surface area is 83.8 Å². The number of nitrogen functional groups attached to an aromatic ring is 1. The molecule has 2 aromatic rings. The van der Waals surface area contributed by atoms with Gasteiger partial charge in [0.2, 0.25) is 5.13 Å². The van der Waals surface area contributed by atoms with Gasteiger partial charge in [-0.25, -0.2) is 4.98 Å². The van der Waals surface area contributed by atoms with E-state index >= 15 is 0 Å². The largest absolute Gasteiger partial charge is 0.467 e. The predicted molar refractivity (Wildman–Crippen MR) is 51.9 cm³/mol. The predicted octanol–water partition coefficient (Wildman–Crippen LogP) is 0.586. The Morgan fingerprint density at radius 1 is 1.43 bits per heavy atom. The highest BCUT2D eigenvalue weighted by molar-refractivity contribution is 7.18. The van der Waals surface area contributed by atoms with E-state index in [0.717, 1.165) is 0 Å². The highest BCUT2D eigenvalue weighted by Gasteiger charge is 2.07. The molecule has 0 saturated carbocycles. The Balaban J connectivity index is 2.41. The van der Waals surface area contributed by atoms with Crippen LogP contribution in [0.15, 0.2) is 12.3 Å². The quantitative estimate of drug-likeness (QED) is 0.778. The van der Waals surface area contributed by atoms with Crippen LogP contribution in [-0.4, -0.2) is 27.3 Å². The van der Waals surface area contributed by atoms with Crippen LogP contribution in [0.4, 0.5) is 5.13 Å². The zero-order valence-electron chi connectivity index (χ0n) is 7.34. The zero-order chi connectivity index (χ0) is 9.97. The minimum atomic E-state index is 0.302. The van der Waals surface area contributed by atoms with Gasteiger partial charge in [0, 0.05) is 6.20 Å². The number of methoxy groups -OCH3 is 1. The van der Waals surface area contributed by atoms with Crippen LogP contribution in [-0.2, 0) is 0 Å². The van der Waals surface area contributed by atoms with E-state index in [9.17, 15) is 0 Å². The van der Waals surface area contributed by atoms with E-state index in [1.165, 1.54) is 18.4 Å². The van der Waals surface area contributed by atoms with Crippen molar-refractivity contribution in [2.45, 2.75) is 0 Å². The first-order valence-corrected chi connectivity index (χ1v) is 4.57. The molecule has 0 aliphatic rings. The highest BCUT2D eigenvalue weighted by atomic mass is 32.1. The van der Waals surface area contributed by atoms with Crippen molar-refractivity contribution < 1.29 is 4.74 Å². The fraction of sp³-hybridized carbons (Fsp3) is 0.143. The van der Waals surface area contributed by atoms with Gasteiger partial charge in [0.25, 0.3) is 0 Å². The van der Waals surface area contributed by atoms with Gasteiger partial charge in [0.05, 0.1) is 7.11 Å². The van der Waals surface area contributed by atoms with Gasteiger partial charge >= 0.3 is 6.01 Å². The van der Waals surface area contributed by atoms with E-state index in [0.29, 0.717) is 21.8 Å². The summed E-state index contributed by atoms with van der Waals surface area (Å²) in [6.07, 6.45) is 1.60. The van der Waals surface area contributed by atoms with Gasteiger partial charge in [-0.3, -0.25) is 0 Å². The van der Waals surface area contributed by atoms with Crippen LogP contribution in [0.5, 0.6) is 6.01 Å². The van der Waals surface area contributed by atoms with Crippen LogP contribution in [0.2, 0.25) is 0 Å². The third-order valence-electron chi connectivity index (χ3n) is 1.48. The van der Waals surface area contributed by atoms with E-state index in [4.69, 9.17) is 10.5 Å². The lowest BCUT2D eigenvalue weighted by Gasteiger charge is -1.97. The van der Waals surface area contributed by atoms with E-state index in [1.54, 1.807) is 12.3 Å². The van der Waals surface area contributed by atoms with Gasteiger partial charge in [-0.2, -0.15) is 4.98 Å². The summed E-state index contributed by atoms with van der Waals surface area (Å²) >= 11 is 1.27. The molecule has 0 amide bonds. The normalized spacial score (nSPS) is 10.1. The third kappa shape index (κ3) is 1.62. The summed E-state index contributed by atoms with van der Waals surface area (Å²) in [4.78, 5) is 7.98. The average molecular weight is 209 g/mol. The second-order valence-corrected chi connectivity index (χ2v) is 3.38. The van der Waals surface area contributed by atoms with Crippen molar-refractivity contribution in [3.63, 3.8) is 0 Å². The van der Waals surface area contributed by atoms with E-state index in [-0.39, 0.29) is 0 Å². The molecule has 6 nitrogen and oxygen atoms in total. The molecule has 0 aliphatic carbocycles. The van der Waals surface area contributed by atoms with Crippen LogP contribution in [0, 0.1) is 0 Å². The number of hydrogen-bond donors (Lipinski definition) is 1. The number of aromatic nitrogens is 4. The summed E-state index contributed by atoms with van der Waals surface area (Å²) in [5.74, 6) is 0. The van der Waals surface area contributed by atoms with Crippen molar-refractivity contribution in [3.8, 4) is 16.7 Å². The van der Waals surface area contributed by atoms with Crippen LogP contribution < -0.4 is 10.5 Å². The Morgan fingerprint density at radius 3 is 2.93 bits per heavy atom. The van der Waals surface area contributed by atoms with Crippen molar-refractivity contribution >= 4 is 16.5 Å². The molecule has 0 saturated heterocycles. The molecule has 0 atom stereocenters. The Kier molecular flexibility index (Phi) is 2.23. The van der Waals surface area contributed by atoms with Gasteiger partial charge in [0.15, 0.2) is 5.01 Å². The van der Waals surface area contributed by atoms with Crippen molar-refractivity contribution in [3.05, 3.63) is 12.3 Å². The second-order valence-electron chi connectivity index (χ2n) is 2.37. The Bertz CT molecular complexity index is 443. The van der Waals surface area contributed by atoms with Crippen LogP contribution >= 0.6 is 11.3 Å². The molecule has 7 heteroatoms.